The van der Waals surface area contributed by atoms with Crippen LogP contribution in [0.4, 0.5) is 0 Å². The van der Waals surface area contributed by atoms with Crippen molar-refractivity contribution in [2.75, 3.05) is 20.2 Å². The van der Waals surface area contributed by atoms with E-state index in [1.165, 1.54) is 43.5 Å². The normalized spacial score (nSPS) is 29.0. The minimum atomic E-state index is 0.140. The van der Waals surface area contributed by atoms with Gasteiger partial charge in [-0.1, -0.05) is 19.9 Å². The van der Waals surface area contributed by atoms with Crippen molar-refractivity contribution in [3.8, 4) is 5.75 Å². The molecular weight excluding hydrogens is 260 g/mol. The first kappa shape index (κ1) is 14.9. The predicted octanol–water partition coefficient (Wildman–Crippen LogP) is 3.13. The third-order valence-electron chi connectivity index (χ3n) is 5.45. The molecule has 1 aromatic carbocycles. The summed E-state index contributed by atoms with van der Waals surface area (Å²) in [6.45, 7) is 7.15. The van der Waals surface area contributed by atoms with Gasteiger partial charge in [-0.25, -0.2) is 0 Å². The summed E-state index contributed by atoms with van der Waals surface area (Å²) in [4.78, 5) is 2.63. The second-order valence-corrected chi connectivity index (χ2v) is 7.40. The van der Waals surface area contributed by atoms with Crippen LogP contribution >= 0.6 is 0 Å². The SMILES string of the molecule is COc1ccc2c(c1)CCC(N1CCC(C)(C)CC1)C2N. The highest BCUT2D eigenvalue weighted by Crippen LogP contribution is 2.37. The summed E-state index contributed by atoms with van der Waals surface area (Å²) in [5.74, 6) is 0.944. The highest BCUT2D eigenvalue weighted by Gasteiger charge is 2.35. The zero-order valence-electron chi connectivity index (χ0n) is 13.6. The fourth-order valence-electron chi connectivity index (χ4n) is 3.81. The quantitative estimate of drug-likeness (QED) is 0.908. The number of hydrogen-bond acceptors (Lipinski definition) is 3. The summed E-state index contributed by atoms with van der Waals surface area (Å²) in [6, 6.07) is 7.01. The molecule has 3 nitrogen and oxygen atoms in total. The van der Waals surface area contributed by atoms with Gasteiger partial charge in [-0.2, -0.15) is 0 Å². The first-order valence-electron chi connectivity index (χ1n) is 8.17. The van der Waals surface area contributed by atoms with Crippen molar-refractivity contribution in [3.63, 3.8) is 0 Å². The first-order valence-corrected chi connectivity index (χ1v) is 8.17. The summed E-state index contributed by atoms with van der Waals surface area (Å²) in [5, 5.41) is 0. The van der Waals surface area contributed by atoms with Crippen molar-refractivity contribution < 1.29 is 4.74 Å². The molecule has 1 fully saturated rings. The number of aryl methyl sites for hydroxylation is 1. The number of ether oxygens (including phenoxy) is 1. The number of nitrogens with zero attached hydrogens (tertiary/aromatic N) is 1. The molecule has 0 amide bonds. The van der Waals surface area contributed by atoms with Gasteiger partial charge >= 0.3 is 0 Å². The summed E-state index contributed by atoms with van der Waals surface area (Å²) in [6.07, 6.45) is 4.85. The fourth-order valence-corrected chi connectivity index (χ4v) is 3.81. The minimum Gasteiger partial charge on any atom is -0.497 e. The molecule has 0 spiro atoms. The van der Waals surface area contributed by atoms with Crippen LogP contribution in [0.2, 0.25) is 0 Å². The molecule has 1 saturated heterocycles. The lowest BCUT2D eigenvalue weighted by molar-refractivity contribution is 0.0746. The van der Waals surface area contributed by atoms with Crippen molar-refractivity contribution in [2.45, 2.75) is 51.6 Å². The lowest BCUT2D eigenvalue weighted by Crippen LogP contribution is -2.49. The third-order valence-corrected chi connectivity index (χ3v) is 5.45. The van der Waals surface area contributed by atoms with Crippen LogP contribution in [-0.2, 0) is 6.42 Å². The van der Waals surface area contributed by atoms with Gasteiger partial charge in [-0.05, 0) is 67.4 Å². The monoisotopic (exact) mass is 288 g/mol. The van der Waals surface area contributed by atoms with E-state index in [4.69, 9.17) is 10.5 Å². The van der Waals surface area contributed by atoms with Crippen molar-refractivity contribution in [2.24, 2.45) is 11.1 Å². The van der Waals surface area contributed by atoms with E-state index in [2.05, 4.69) is 30.9 Å². The van der Waals surface area contributed by atoms with Gasteiger partial charge in [0.05, 0.1) is 7.11 Å². The molecule has 1 aliphatic heterocycles. The molecule has 0 aromatic heterocycles. The Morgan fingerprint density at radius 1 is 1.24 bits per heavy atom. The molecule has 0 bridgehead atoms. The van der Waals surface area contributed by atoms with Gasteiger partial charge in [0.2, 0.25) is 0 Å². The maximum Gasteiger partial charge on any atom is 0.119 e. The van der Waals surface area contributed by atoms with E-state index in [1.807, 2.05) is 6.07 Å². The van der Waals surface area contributed by atoms with Crippen LogP contribution in [0.5, 0.6) is 5.75 Å². The standard InChI is InChI=1S/C18H28N2O/c1-18(2)8-10-20(11-9-18)16-7-4-13-12-14(21-3)5-6-15(13)17(16)19/h5-6,12,16-17H,4,7-11,19H2,1-3H3. The zero-order chi connectivity index (χ0) is 15.0. The summed E-state index contributed by atoms with van der Waals surface area (Å²) < 4.78 is 5.33. The summed E-state index contributed by atoms with van der Waals surface area (Å²) in [5.41, 5.74) is 9.79. The Kier molecular flexibility index (Phi) is 3.98. The molecule has 2 N–H and O–H groups in total. The Hall–Kier alpha value is -1.06. The van der Waals surface area contributed by atoms with E-state index in [0.29, 0.717) is 11.5 Å². The Morgan fingerprint density at radius 3 is 2.62 bits per heavy atom. The minimum absolute atomic E-state index is 0.140. The summed E-state index contributed by atoms with van der Waals surface area (Å²) >= 11 is 0. The Bertz CT molecular complexity index is 502. The number of rotatable bonds is 2. The van der Waals surface area contributed by atoms with E-state index in [-0.39, 0.29) is 6.04 Å². The van der Waals surface area contributed by atoms with Crippen LogP contribution in [0.1, 0.15) is 50.3 Å². The molecule has 2 unspecified atom stereocenters. The second-order valence-electron chi connectivity index (χ2n) is 7.40. The fraction of sp³-hybridized carbons (Fsp3) is 0.667. The maximum absolute atomic E-state index is 6.60. The topological polar surface area (TPSA) is 38.5 Å². The van der Waals surface area contributed by atoms with Gasteiger partial charge in [0.1, 0.15) is 5.75 Å². The maximum atomic E-state index is 6.60. The zero-order valence-corrected chi connectivity index (χ0v) is 13.6. The molecular formula is C18H28N2O. The molecule has 3 heteroatoms. The molecule has 0 radical (unpaired) electrons. The van der Waals surface area contributed by atoms with Crippen LogP contribution in [-0.4, -0.2) is 31.1 Å². The van der Waals surface area contributed by atoms with Gasteiger partial charge in [0.15, 0.2) is 0 Å². The highest BCUT2D eigenvalue weighted by atomic mass is 16.5. The van der Waals surface area contributed by atoms with E-state index < -0.39 is 0 Å². The Labute approximate surface area is 128 Å². The molecule has 21 heavy (non-hydrogen) atoms. The van der Waals surface area contributed by atoms with Gasteiger partial charge in [0, 0.05) is 12.1 Å². The van der Waals surface area contributed by atoms with Crippen LogP contribution in [0.15, 0.2) is 18.2 Å². The number of piperidine rings is 1. The smallest absolute Gasteiger partial charge is 0.119 e. The van der Waals surface area contributed by atoms with Gasteiger partial charge in [-0.15, -0.1) is 0 Å². The third kappa shape index (κ3) is 2.95. The number of likely N-dealkylation sites (tertiary alicyclic amines) is 1. The first-order chi connectivity index (χ1) is 10.00. The molecule has 2 aliphatic rings. The van der Waals surface area contributed by atoms with Crippen molar-refractivity contribution >= 4 is 0 Å². The Morgan fingerprint density at radius 2 is 1.95 bits per heavy atom. The number of hydrogen-bond donors (Lipinski definition) is 1. The number of benzene rings is 1. The van der Waals surface area contributed by atoms with Crippen LogP contribution in [0.3, 0.4) is 0 Å². The van der Waals surface area contributed by atoms with Crippen LogP contribution < -0.4 is 10.5 Å². The molecule has 1 aromatic rings. The molecule has 2 atom stereocenters. The van der Waals surface area contributed by atoms with Crippen LogP contribution in [0.25, 0.3) is 0 Å². The molecule has 116 valence electrons. The average molecular weight is 288 g/mol. The van der Waals surface area contributed by atoms with Crippen molar-refractivity contribution in [3.05, 3.63) is 29.3 Å². The van der Waals surface area contributed by atoms with E-state index in [0.717, 1.165) is 12.2 Å². The summed E-state index contributed by atoms with van der Waals surface area (Å²) in [7, 11) is 1.72. The van der Waals surface area contributed by atoms with Gasteiger partial charge in [0.25, 0.3) is 0 Å². The van der Waals surface area contributed by atoms with Gasteiger partial charge in [-0.3, -0.25) is 4.90 Å². The van der Waals surface area contributed by atoms with E-state index in [9.17, 15) is 0 Å². The number of methoxy groups -OCH3 is 1. The van der Waals surface area contributed by atoms with Crippen molar-refractivity contribution in [1.29, 1.82) is 0 Å². The molecule has 1 aliphatic carbocycles. The van der Waals surface area contributed by atoms with Crippen molar-refractivity contribution in [1.82, 2.24) is 4.90 Å². The lowest BCUT2D eigenvalue weighted by atomic mass is 9.79. The average Bonchev–Trinajstić information content (AvgIpc) is 2.48. The number of fused-ring (bicyclic) bond motifs is 1. The highest BCUT2D eigenvalue weighted by molar-refractivity contribution is 5.40. The van der Waals surface area contributed by atoms with E-state index >= 15 is 0 Å². The van der Waals surface area contributed by atoms with E-state index in [1.54, 1.807) is 7.11 Å². The largest absolute Gasteiger partial charge is 0.497 e. The molecule has 3 rings (SSSR count). The Balaban J connectivity index is 1.75. The number of nitrogens with two attached hydrogens (primary N) is 1. The molecule has 1 heterocycles. The predicted molar refractivity (Wildman–Crippen MR) is 86.6 cm³/mol. The molecule has 0 saturated carbocycles. The second kappa shape index (κ2) is 5.62. The lowest BCUT2D eigenvalue weighted by Gasteiger charge is -2.45. The van der Waals surface area contributed by atoms with Gasteiger partial charge < -0.3 is 10.5 Å². The van der Waals surface area contributed by atoms with Crippen LogP contribution in [0, 0.1) is 5.41 Å².